The zero-order chi connectivity index (χ0) is 12.3. The third-order valence-electron chi connectivity index (χ3n) is 3.02. The Bertz CT molecular complexity index is 376. The summed E-state index contributed by atoms with van der Waals surface area (Å²) >= 11 is 1.92. The van der Waals surface area contributed by atoms with Gasteiger partial charge in [-0.1, -0.05) is 6.07 Å². The van der Waals surface area contributed by atoms with Gasteiger partial charge < -0.3 is 10.0 Å². The molecule has 1 unspecified atom stereocenters. The minimum atomic E-state index is -0.613. The molecule has 1 heterocycles. The van der Waals surface area contributed by atoms with Crippen molar-refractivity contribution in [1.29, 1.82) is 0 Å². The van der Waals surface area contributed by atoms with E-state index in [1.807, 2.05) is 11.8 Å². The summed E-state index contributed by atoms with van der Waals surface area (Å²) in [4.78, 5) is 2.10. The van der Waals surface area contributed by atoms with Gasteiger partial charge in [0.2, 0.25) is 0 Å². The topological polar surface area (TPSA) is 23.5 Å². The van der Waals surface area contributed by atoms with Gasteiger partial charge in [0.1, 0.15) is 5.82 Å². The minimum absolute atomic E-state index is 0.227. The first-order chi connectivity index (χ1) is 8.18. The monoisotopic (exact) mass is 255 g/mol. The number of rotatable bonds is 2. The van der Waals surface area contributed by atoms with Gasteiger partial charge in [0, 0.05) is 18.8 Å². The van der Waals surface area contributed by atoms with Crippen LogP contribution in [0.15, 0.2) is 18.2 Å². The van der Waals surface area contributed by atoms with Gasteiger partial charge in [-0.15, -0.1) is 0 Å². The normalized spacial score (nSPS) is 18.9. The molecule has 17 heavy (non-hydrogen) atoms. The maximum atomic E-state index is 14.0. The van der Waals surface area contributed by atoms with E-state index in [1.54, 1.807) is 19.1 Å². The maximum absolute atomic E-state index is 14.0. The molecular weight excluding hydrogens is 237 g/mol. The third-order valence-corrected chi connectivity index (χ3v) is 4.07. The van der Waals surface area contributed by atoms with Crippen LogP contribution >= 0.6 is 11.8 Å². The Kier molecular flexibility index (Phi) is 4.29. The first kappa shape index (κ1) is 12.7. The molecule has 4 heteroatoms. The van der Waals surface area contributed by atoms with Crippen molar-refractivity contribution in [2.24, 2.45) is 0 Å². The summed E-state index contributed by atoms with van der Waals surface area (Å²) in [6.45, 7) is 3.46. The molecule has 0 radical (unpaired) electrons. The van der Waals surface area contributed by atoms with Crippen LogP contribution in [0.25, 0.3) is 0 Å². The van der Waals surface area contributed by atoms with Crippen molar-refractivity contribution in [2.75, 3.05) is 29.5 Å². The second-order valence-corrected chi connectivity index (χ2v) is 5.56. The van der Waals surface area contributed by atoms with Crippen molar-refractivity contribution in [2.45, 2.75) is 19.4 Å². The van der Waals surface area contributed by atoms with Crippen molar-refractivity contribution in [3.05, 3.63) is 29.6 Å². The molecule has 94 valence electrons. The Hall–Kier alpha value is -0.740. The van der Waals surface area contributed by atoms with E-state index >= 15 is 0 Å². The fourth-order valence-electron chi connectivity index (χ4n) is 2.03. The molecule has 0 aromatic heterocycles. The average molecular weight is 255 g/mol. The van der Waals surface area contributed by atoms with Crippen molar-refractivity contribution in [3.63, 3.8) is 0 Å². The van der Waals surface area contributed by atoms with Crippen LogP contribution in [0, 0.1) is 5.82 Å². The lowest BCUT2D eigenvalue weighted by atomic mass is 10.1. The zero-order valence-electron chi connectivity index (χ0n) is 10.0. The van der Waals surface area contributed by atoms with Crippen molar-refractivity contribution in [3.8, 4) is 0 Å². The third kappa shape index (κ3) is 3.13. The molecule has 1 fully saturated rings. The van der Waals surface area contributed by atoms with Gasteiger partial charge in [-0.05, 0) is 36.8 Å². The van der Waals surface area contributed by atoms with Gasteiger partial charge >= 0.3 is 0 Å². The summed E-state index contributed by atoms with van der Waals surface area (Å²) in [5, 5.41) is 9.41. The van der Waals surface area contributed by atoms with E-state index < -0.39 is 6.10 Å². The number of nitrogens with zero attached hydrogens (tertiary/aromatic N) is 1. The zero-order valence-corrected chi connectivity index (χ0v) is 10.8. The lowest BCUT2D eigenvalue weighted by Gasteiger charge is -2.23. The molecule has 1 saturated heterocycles. The van der Waals surface area contributed by atoms with Crippen LogP contribution < -0.4 is 4.90 Å². The molecule has 1 aliphatic heterocycles. The molecular formula is C13H18FNOS. The number of halogens is 1. The maximum Gasteiger partial charge on any atom is 0.146 e. The number of anilines is 1. The van der Waals surface area contributed by atoms with E-state index in [4.69, 9.17) is 0 Å². The Labute approximate surface area is 106 Å². The Morgan fingerprint density at radius 3 is 2.88 bits per heavy atom. The highest BCUT2D eigenvalue weighted by Gasteiger charge is 2.15. The molecule has 0 aliphatic carbocycles. The molecule has 1 aromatic carbocycles. The summed E-state index contributed by atoms with van der Waals surface area (Å²) in [5.41, 5.74) is 1.30. The van der Waals surface area contributed by atoms with E-state index in [0.717, 1.165) is 31.0 Å². The van der Waals surface area contributed by atoms with Gasteiger partial charge in [0.15, 0.2) is 0 Å². The van der Waals surface area contributed by atoms with Crippen LogP contribution in [0.4, 0.5) is 10.1 Å². The minimum Gasteiger partial charge on any atom is -0.389 e. The fourth-order valence-corrected chi connectivity index (χ4v) is 2.91. The van der Waals surface area contributed by atoms with Crippen molar-refractivity contribution >= 4 is 17.4 Å². The van der Waals surface area contributed by atoms with Crippen LogP contribution in [0.2, 0.25) is 0 Å². The summed E-state index contributed by atoms with van der Waals surface area (Å²) in [6.07, 6.45) is 0.487. The second-order valence-electron chi connectivity index (χ2n) is 4.34. The lowest BCUT2D eigenvalue weighted by molar-refractivity contribution is 0.199. The van der Waals surface area contributed by atoms with Gasteiger partial charge in [-0.2, -0.15) is 11.8 Å². The quantitative estimate of drug-likeness (QED) is 0.879. The van der Waals surface area contributed by atoms with Gasteiger partial charge in [-0.25, -0.2) is 4.39 Å². The van der Waals surface area contributed by atoms with Gasteiger partial charge in [0.25, 0.3) is 0 Å². The first-order valence-electron chi connectivity index (χ1n) is 5.98. The SMILES string of the molecule is CC(O)c1ccc(N2CCCSCC2)c(F)c1. The molecule has 0 bridgehead atoms. The van der Waals surface area contributed by atoms with Gasteiger partial charge in [0.05, 0.1) is 11.8 Å². The Balaban J connectivity index is 2.19. The molecule has 1 atom stereocenters. The largest absolute Gasteiger partial charge is 0.389 e. The highest BCUT2D eigenvalue weighted by atomic mass is 32.2. The van der Waals surface area contributed by atoms with Gasteiger partial charge in [-0.3, -0.25) is 0 Å². The summed E-state index contributed by atoms with van der Waals surface area (Å²) in [5.74, 6) is 1.98. The van der Waals surface area contributed by atoms with E-state index in [2.05, 4.69) is 4.90 Å². The Morgan fingerprint density at radius 1 is 1.35 bits per heavy atom. The molecule has 1 aromatic rings. The number of hydrogen-bond donors (Lipinski definition) is 1. The summed E-state index contributed by atoms with van der Waals surface area (Å²) < 4.78 is 14.0. The molecule has 1 aliphatic rings. The summed E-state index contributed by atoms with van der Waals surface area (Å²) in [6, 6.07) is 5.03. The first-order valence-corrected chi connectivity index (χ1v) is 7.14. The van der Waals surface area contributed by atoms with E-state index in [0.29, 0.717) is 11.3 Å². The number of aliphatic hydroxyl groups excluding tert-OH is 1. The van der Waals surface area contributed by atoms with Crippen molar-refractivity contribution in [1.82, 2.24) is 0 Å². The second kappa shape index (κ2) is 5.74. The highest BCUT2D eigenvalue weighted by Crippen LogP contribution is 2.25. The van der Waals surface area contributed by atoms with Crippen LogP contribution in [-0.4, -0.2) is 29.7 Å². The Morgan fingerprint density at radius 2 is 2.18 bits per heavy atom. The standard InChI is InChI=1S/C13H18FNOS/c1-10(16)11-3-4-13(12(14)9-11)15-5-2-7-17-8-6-15/h3-4,9-10,16H,2,5-8H2,1H3. The lowest BCUT2D eigenvalue weighted by Crippen LogP contribution is -2.26. The smallest absolute Gasteiger partial charge is 0.146 e. The number of thioether (sulfide) groups is 1. The fraction of sp³-hybridized carbons (Fsp3) is 0.538. The molecule has 0 spiro atoms. The number of hydrogen-bond acceptors (Lipinski definition) is 3. The highest BCUT2D eigenvalue weighted by molar-refractivity contribution is 7.99. The number of aliphatic hydroxyl groups is 1. The van der Waals surface area contributed by atoms with E-state index in [9.17, 15) is 9.50 Å². The predicted molar refractivity (Wildman–Crippen MR) is 71.2 cm³/mol. The van der Waals surface area contributed by atoms with Crippen LogP contribution in [0.1, 0.15) is 25.0 Å². The molecule has 2 nitrogen and oxygen atoms in total. The van der Waals surface area contributed by atoms with E-state index in [1.165, 1.54) is 6.07 Å². The van der Waals surface area contributed by atoms with Crippen molar-refractivity contribution < 1.29 is 9.50 Å². The van der Waals surface area contributed by atoms with Crippen LogP contribution in [0.3, 0.4) is 0 Å². The van der Waals surface area contributed by atoms with Crippen LogP contribution in [0.5, 0.6) is 0 Å². The molecule has 1 N–H and O–H groups in total. The molecule has 2 rings (SSSR count). The molecule has 0 amide bonds. The average Bonchev–Trinajstić information content (AvgIpc) is 2.57. The van der Waals surface area contributed by atoms with Crippen LogP contribution in [-0.2, 0) is 0 Å². The molecule has 0 saturated carbocycles. The summed E-state index contributed by atoms with van der Waals surface area (Å²) in [7, 11) is 0. The predicted octanol–water partition coefficient (Wildman–Crippen LogP) is 2.82. The van der Waals surface area contributed by atoms with E-state index in [-0.39, 0.29) is 5.82 Å². The number of benzene rings is 1.